The molecule has 5 heteroatoms. The van der Waals surface area contributed by atoms with Gasteiger partial charge in [-0.05, 0) is 31.6 Å². The molecule has 0 saturated heterocycles. The number of hydrogen-bond acceptors (Lipinski definition) is 4. The zero-order valence-electron chi connectivity index (χ0n) is 12.1. The van der Waals surface area contributed by atoms with Gasteiger partial charge in [-0.3, -0.25) is 0 Å². The van der Waals surface area contributed by atoms with E-state index in [1.807, 2.05) is 24.3 Å². The molecule has 0 bridgehead atoms. The first-order valence-corrected chi connectivity index (χ1v) is 7.81. The van der Waals surface area contributed by atoms with Crippen molar-refractivity contribution in [3.05, 3.63) is 29.4 Å². The number of halogens is 1. The molecule has 0 spiro atoms. The van der Waals surface area contributed by atoms with Gasteiger partial charge in [-0.2, -0.15) is 0 Å². The van der Waals surface area contributed by atoms with Gasteiger partial charge < -0.3 is 10.4 Å². The van der Waals surface area contributed by atoms with Gasteiger partial charge in [0.15, 0.2) is 11.0 Å². The Labute approximate surface area is 129 Å². The van der Waals surface area contributed by atoms with Gasteiger partial charge >= 0.3 is 0 Å². The Bertz CT molecular complexity index is 638. The van der Waals surface area contributed by atoms with Gasteiger partial charge in [0.05, 0.1) is 12.1 Å². The van der Waals surface area contributed by atoms with Gasteiger partial charge in [0, 0.05) is 10.8 Å². The molecule has 2 aromatic rings. The highest BCUT2D eigenvalue weighted by molar-refractivity contribution is 6.34. The summed E-state index contributed by atoms with van der Waals surface area (Å²) in [4.78, 5) is 0. The van der Waals surface area contributed by atoms with Crippen molar-refractivity contribution in [2.45, 2.75) is 38.1 Å². The lowest BCUT2D eigenvalue weighted by Crippen LogP contribution is -2.45. The lowest BCUT2D eigenvalue weighted by Gasteiger charge is -2.39. The third-order valence-corrected chi connectivity index (χ3v) is 4.84. The van der Waals surface area contributed by atoms with Gasteiger partial charge in [-0.1, -0.05) is 42.8 Å². The number of hydrogen-bond donors (Lipinski definition) is 2. The van der Waals surface area contributed by atoms with Crippen LogP contribution in [0, 0.1) is 5.92 Å². The average molecular weight is 306 g/mol. The van der Waals surface area contributed by atoms with Crippen molar-refractivity contribution in [1.82, 2.24) is 10.2 Å². The molecule has 2 N–H and O–H groups in total. The normalized spacial score (nSPS) is 26.0. The first-order chi connectivity index (χ1) is 10.1. The molecule has 4 nitrogen and oxygen atoms in total. The zero-order valence-corrected chi connectivity index (χ0v) is 12.9. The molecule has 0 aliphatic heterocycles. The number of anilines is 1. The van der Waals surface area contributed by atoms with E-state index in [2.05, 4.69) is 22.4 Å². The minimum atomic E-state index is -0.294. The predicted molar refractivity (Wildman–Crippen MR) is 85.6 cm³/mol. The molecule has 1 aromatic heterocycles. The van der Waals surface area contributed by atoms with Crippen molar-refractivity contribution >= 4 is 28.2 Å². The fourth-order valence-electron chi connectivity index (χ4n) is 3.05. The summed E-state index contributed by atoms with van der Waals surface area (Å²) in [6, 6.07) is 7.81. The summed E-state index contributed by atoms with van der Waals surface area (Å²) >= 11 is 6.11. The molecular weight excluding hydrogens is 286 g/mol. The molecule has 1 fully saturated rings. The van der Waals surface area contributed by atoms with E-state index in [1.54, 1.807) is 0 Å². The second-order valence-corrected chi connectivity index (χ2v) is 6.49. The Morgan fingerprint density at radius 2 is 1.90 bits per heavy atom. The maximum absolute atomic E-state index is 9.88. The maximum atomic E-state index is 9.88. The molecule has 0 atom stereocenters. The van der Waals surface area contributed by atoms with Gasteiger partial charge in [0.1, 0.15) is 0 Å². The number of aliphatic hydroxyl groups excluding tert-OH is 1. The zero-order chi connectivity index (χ0) is 14.9. The Balaban J connectivity index is 1.96. The van der Waals surface area contributed by atoms with E-state index in [0.29, 0.717) is 11.0 Å². The molecule has 0 unspecified atom stereocenters. The summed E-state index contributed by atoms with van der Waals surface area (Å²) in [7, 11) is 0. The predicted octanol–water partition coefficient (Wildman–Crippen LogP) is 3.64. The first-order valence-electron chi connectivity index (χ1n) is 7.43. The third kappa shape index (κ3) is 2.83. The van der Waals surface area contributed by atoms with Crippen LogP contribution < -0.4 is 5.32 Å². The minimum Gasteiger partial charge on any atom is -0.394 e. The van der Waals surface area contributed by atoms with Crippen LogP contribution in [0.5, 0.6) is 0 Å². The molecular formula is C16H20ClN3O. The maximum Gasteiger partial charge on any atom is 0.159 e. The standard InChI is InChI=1S/C16H20ClN3O/c1-11-6-8-16(10-21,9-7-11)18-15-13-5-3-2-4-12(13)14(17)19-20-15/h2-5,11,21H,6-10H2,1H3,(H,18,20). The molecule has 1 aromatic carbocycles. The Morgan fingerprint density at radius 3 is 2.57 bits per heavy atom. The lowest BCUT2D eigenvalue weighted by molar-refractivity contribution is 0.155. The number of benzene rings is 1. The molecule has 112 valence electrons. The fourth-order valence-corrected chi connectivity index (χ4v) is 3.25. The van der Waals surface area contributed by atoms with Gasteiger partial charge in [-0.15, -0.1) is 10.2 Å². The smallest absolute Gasteiger partial charge is 0.159 e. The third-order valence-electron chi connectivity index (χ3n) is 4.56. The van der Waals surface area contributed by atoms with E-state index in [4.69, 9.17) is 11.6 Å². The van der Waals surface area contributed by atoms with Crippen LogP contribution in [-0.2, 0) is 0 Å². The molecule has 1 aliphatic rings. The monoisotopic (exact) mass is 305 g/mol. The molecule has 21 heavy (non-hydrogen) atoms. The summed E-state index contributed by atoms with van der Waals surface area (Å²) in [5.41, 5.74) is -0.294. The van der Waals surface area contributed by atoms with Crippen molar-refractivity contribution < 1.29 is 5.11 Å². The minimum absolute atomic E-state index is 0.109. The molecule has 3 rings (SSSR count). The number of aliphatic hydroxyl groups is 1. The lowest BCUT2D eigenvalue weighted by atomic mass is 9.77. The molecule has 0 amide bonds. The van der Waals surface area contributed by atoms with E-state index in [1.165, 1.54) is 0 Å². The highest BCUT2D eigenvalue weighted by atomic mass is 35.5. The van der Waals surface area contributed by atoms with Crippen molar-refractivity contribution in [2.24, 2.45) is 5.92 Å². The van der Waals surface area contributed by atoms with Gasteiger partial charge in [0.25, 0.3) is 0 Å². The SMILES string of the molecule is CC1CCC(CO)(Nc2nnc(Cl)c3ccccc23)CC1. The van der Waals surface area contributed by atoms with Crippen molar-refractivity contribution in [3.8, 4) is 0 Å². The van der Waals surface area contributed by atoms with Crippen LogP contribution in [0.3, 0.4) is 0 Å². The highest BCUT2D eigenvalue weighted by Gasteiger charge is 2.34. The van der Waals surface area contributed by atoms with Gasteiger partial charge in [0.2, 0.25) is 0 Å². The van der Waals surface area contributed by atoms with E-state index in [0.717, 1.165) is 42.4 Å². The van der Waals surface area contributed by atoms with E-state index in [9.17, 15) is 5.11 Å². The second kappa shape index (κ2) is 5.78. The number of aromatic nitrogens is 2. The van der Waals surface area contributed by atoms with Crippen LogP contribution in [0.4, 0.5) is 5.82 Å². The summed E-state index contributed by atoms with van der Waals surface area (Å²) < 4.78 is 0. The quantitative estimate of drug-likeness (QED) is 0.909. The average Bonchev–Trinajstić information content (AvgIpc) is 2.53. The molecule has 1 saturated carbocycles. The highest BCUT2D eigenvalue weighted by Crippen LogP contribution is 2.36. The number of nitrogens with one attached hydrogen (secondary N) is 1. The Kier molecular flexibility index (Phi) is 4.00. The van der Waals surface area contributed by atoms with Crippen LogP contribution in [0.2, 0.25) is 5.15 Å². The summed E-state index contributed by atoms with van der Waals surface area (Å²) in [5, 5.41) is 23.8. The van der Waals surface area contributed by atoms with Crippen LogP contribution in [0.15, 0.2) is 24.3 Å². The van der Waals surface area contributed by atoms with Crippen molar-refractivity contribution in [3.63, 3.8) is 0 Å². The van der Waals surface area contributed by atoms with Crippen molar-refractivity contribution in [2.75, 3.05) is 11.9 Å². The van der Waals surface area contributed by atoms with Gasteiger partial charge in [-0.25, -0.2) is 0 Å². The summed E-state index contributed by atoms with van der Waals surface area (Å²) in [6.07, 6.45) is 4.13. The van der Waals surface area contributed by atoms with E-state index in [-0.39, 0.29) is 12.1 Å². The molecule has 1 aliphatic carbocycles. The van der Waals surface area contributed by atoms with Crippen LogP contribution in [-0.4, -0.2) is 27.4 Å². The number of nitrogens with zero attached hydrogens (tertiary/aromatic N) is 2. The largest absolute Gasteiger partial charge is 0.394 e. The fraction of sp³-hybridized carbons (Fsp3) is 0.500. The van der Waals surface area contributed by atoms with Crippen molar-refractivity contribution in [1.29, 1.82) is 0 Å². The van der Waals surface area contributed by atoms with E-state index < -0.39 is 0 Å². The topological polar surface area (TPSA) is 58.0 Å². The summed E-state index contributed by atoms with van der Waals surface area (Å²) in [5.74, 6) is 1.43. The first kappa shape index (κ1) is 14.5. The van der Waals surface area contributed by atoms with Crippen LogP contribution in [0.1, 0.15) is 32.6 Å². The number of rotatable bonds is 3. The second-order valence-electron chi connectivity index (χ2n) is 6.13. The molecule has 0 radical (unpaired) electrons. The molecule has 1 heterocycles. The summed E-state index contributed by atoms with van der Waals surface area (Å²) in [6.45, 7) is 2.37. The number of fused-ring (bicyclic) bond motifs is 1. The van der Waals surface area contributed by atoms with Crippen LogP contribution in [0.25, 0.3) is 10.8 Å². The van der Waals surface area contributed by atoms with Crippen LogP contribution >= 0.6 is 11.6 Å². The Hall–Kier alpha value is -1.39. The Morgan fingerprint density at radius 1 is 1.24 bits per heavy atom. The van der Waals surface area contributed by atoms with E-state index >= 15 is 0 Å².